The smallest absolute Gasteiger partial charge is 0.271 e. The summed E-state index contributed by atoms with van der Waals surface area (Å²) < 4.78 is 1.42. The lowest BCUT2D eigenvalue weighted by atomic mass is 10.2. The van der Waals surface area contributed by atoms with Crippen LogP contribution in [0.15, 0.2) is 57.6 Å². The minimum absolute atomic E-state index is 0.101. The van der Waals surface area contributed by atoms with E-state index in [1.54, 1.807) is 39.2 Å². The van der Waals surface area contributed by atoms with Crippen molar-refractivity contribution < 1.29 is 4.79 Å². The molecule has 8 heteroatoms. The number of hydrogen-bond donors (Lipinski definition) is 0. The van der Waals surface area contributed by atoms with Gasteiger partial charge in [0.15, 0.2) is 4.96 Å². The van der Waals surface area contributed by atoms with E-state index in [4.69, 9.17) is 0 Å². The monoisotopic (exact) mass is 387 g/mol. The van der Waals surface area contributed by atoms with Crippen LogP contribution in [0.2, 0.25) is 0 Å². The first-order valence-corrected chi connectivity index (χ1v) is 10.1. The molecular formula is C17H13N3O2S3. The molecule has 4 rings (SSSR count). The molecule has 0 aliphatic carbocycles. The Morgan fingerprint density at radius 2 is 1.72 bits per heavy atom. The molecule has 5 nitrogen and oxygen atoms in total. The van der Waals surface area contributed by atoms with Gasteiger partial charge in [-0.05, 0) is 22.9 Å². The number of carbonyl (C=O) groups is 1. The van der Waals surface area contributed by atoms with Gasteiger partial charge in [0.05, 0.1) is 13.1 Å². The zero-order valence-electron chi connectivity index (χ0n) is 13.0. The Morgan fingerprint density at radius 3 is 2.32 bits per heavy atom. The molecule has 4 aromatic rings. The lowest BCUT2D eigenvalue weighted by Gasteiger charge is -2.21. The number of rotatable bonds is 5. The fraction of sp³-hybridized carbons (Fsp3) is 0.118. The van der Waals surface area contributed by atoms with E-state index in [0.717, 1.165) is 9.75 Å². The molecule has 0 aliphatic heterocycles. The zero-order valence-corrected chi connectivity index (χ0v) is 15.4. The van der Waals surface area contributed by atoms with E-state index >= 15 is 0 Å². The van der Waals surface area contributed by atoms with Crippen molar-refractivity contribution in [3.8, 4) is 0 Å². The highest BCUT2D eigenvalue weighted by Gasteiger charge is 2.22. The Kier molecular flexibility index (Phi) is 4.48. The van der Waals surface area contributed by atoms with Crippen molar-refractivity contribution in [2.45, 2.75) is 13.1 Å². The molecule has 0 saturated carbocycles. The molecule has 0 unspecified atom stereocenters. The minimum atomic E-state index is -0.321. The maximum absolute atomic E-state index is 13.1. The molecule has 4 heterocycles. The summed E-state index contributed by atoms with van der Waals surface area (Å²) in [4.78, 5) is 34.4. The van der Waals surface area contributed by atoms with E-state index in [9.17, 15) is 9.59 Å². The molecule has 0 fully saturated rings. The van der Waals surface area contributed by atoms with E-state index in [2.05, 4.69) is 4.98 Å². The van der Waals surface area contributed by atoms with Gasteiger partial charge in [-0.1, -0.05) is 12.1 Å². The first kappa shape index (κ1) is 16.2. The van der Waals surface area contributed by atoms with E-state index in [1.807, 2.05) is 35.0 Å². The predicted octanol–water partition coefficient (Wildman–Crippen LogP) is 3.72. The van der Waals surface area contributed by atoms with Gasteiger partial charge in [-0.15, -0.1) is 34.0 Å². The average molecular weight is 388 g/mol. The fourth-order valence-corrected chi connectivity index (χ4v) is 4.64. The SMILES string of the molecule is O=C(c1cnc2sccn2c1=O)N(Cc1cccs1)Cc1cccs1. The highest BCUT2D eigenvalue weighted by molar-refractivity contribution is 7.15. The van der Waals surface area contributed by atoms with Crippen molar-refractivity contribution >= 4 is 44.9 Å². The third-order valence-corrected chi connectivity index (χ3v) is 6.21. The fourth-order valence-electron chi connectivity index (χ4n) is 2.52. The van der Waals surface area contributed by atoms with Crippen LogP contribution in [-0.2, 0) is 13.1 Å². The Morgan fingerprint density at radius 1 is 1.04 bits per heavy atom. The van der Waals surface area contributed by atoms with Gasteiger partial charge in [0.2, 0.25) is 0 Å². The van der Waals surface area contributed by atoms with Crippen LogP contribution < -0.4 is 5.56 Å². The first-order valence-electron chi connectivity index (χ1n) is 7.51. The number of hydrogen-bond acceptors (Lipinski definition) is 6. The van der Waals surface area contributed by atoms with E-state index in [0.29, 0.717) is 18.1 Å². The Balaban J connectivity index is 1.70. The largest absolute Gasteiger partial charge is 0.328 e. The van der Waals surface area contributed by atoms with Crippen LogP contribution in [-0.4, -0.2) is 20.2 Å². The number of carbonyl (C=O) groups excluding carboxylic acids is 1. The zero-order chi connectivity index (χ0) is 17.2. The summed E-state index contributed by atoms with van der Waals surface area (Å²) in [7, 11) is 0. The van der Waals surface area contributed by atoms with Crippen LogP contribution in [0.5, 0.6) is 0 Å². The second-order valence-corrected chi connectivity index (χ2v) is 8.29. The number of nitrogens with zero attached hydrogens (tertiary/aromatic N) is 3. The molecule has 0 aliphatic rings. The van der Waals surface area contributed by atoms with Gasteiger partial charge in [0.25, 0.3) is 11.5 Å². The maximum Gasteiger partial charge on any atom is 0.271 e. The van der Waals surface area contributed by atoms with Crippen LogP contribution in [0.1, 0.15) is 20.1 Å². The summed E-state index contributed by atoms with van der Waals surface area (Å²) in [5.41, 5.74) is -0.220. The summed E-state index contributed by atoms with van der Waals surface area (Å²) >= 11 is 4.56. The molecule has 0 atom stereocenters. The summed E-state index contributed by atoms with van der Waals surface area (Å²) in [5, 5.41) is 5.75. The number of thiophene rings is 2. The second kappa shape index (κ2) is 6.91. The van der Waals surface area contributed by atoms with Crippen molar-refractivity contribution in [2.24, 2.45) is 0 Å². The number of aromatic nitrogens is 2. The highest BCUT2D eigenvalue weighted by atomic mass is 32.1. The average Bonchev–Trinajstić information content (AvgIpc) is 3.37. The standard InChI is InChI=1S/C17H13N3O2S3/c21-15(14-9-18-17-20(16(14)22)5-8-25-17)19(10-12-3-1-6-23-12)11-13-4-2-7-24-13/h1-9H,10-11H2. The van der Waals surface area contributed by atoms with Crippen LogP contribution in [0, 0.1) is 0 Å². The second-order valence-electron chi connectivity index (χ2n) is 5.35. The van der Waals surface area contributed by atoms with Crippen molar-refractivity contribution in [1.82, 2.24) is 14.3 Å². The Labute approximate surface area is 155 Å². The van der Waals surface area contributed by atoms with E-state index in [-0.39, 0.29) is 17.0 Å². The predicted molar refractivity (Wildman–Crippen MR) is 102 cm³/mol. The number of fused-ring (bicyclic) bond motifs is 1. The topological polar surface area (TPSA) is 54.7 Å². The molecule has 0 aromatic carbocycles. The molecule has 126 valence electrons. The molecule has 4 aromatic heterocycles. The molecule has 0 N–H and O–H groups in total. The molecule has 25 heavy (non-hydrogen) atoms. The van der Waals surface area contributed by atoms with Gasteiger partial charge in [-0.25, -0.2) is 4.98 Å². The lowest BCUT2D eigenvalue weighted by molar-refractivity contribution is 0.0731. The van der Waals surface area contributed by atoms with Gasteiger partial charge in [-0.2, -0.15) is 0 Å². The quantitative estimate of drug-likeness (QED) is 0.524. The summed E-state index contributed by atoms with van der Waals surface area (Å²) in [6.07, 6.45) is 3.04. The highest BCUT2D eigenvalue weighted by Crippen LogP contribution is 2.19. The molecule has 0 radical (unpaired) electrons. The van der Waals surface area contributed by atoms with Crippen LogP contribution in [0.4, 0.5) is 0 Å². The molecule has 0 bridgehead atoms. The van der Waals surface area contributed by atoms with Gasteiger partial charge in [0.1, 0.15) is 5.56 Å². The van der Waals surface area contributed by atoms with Gasteiger partial charge in [-0.3, -0.25) is 14.0 Å². The summed E-state index contributed by atoms with van der Waals surface area (Å²) in [6, 6.07) is 7.91. The normalized spacial score (nSPS) is 11.0. The lowest BCUT2D eigenvalue weighted by Crippen LogP contribution is -2.34. The third-order valence-electron chi connectivity index (χ3n) is 3.71. The Bertz CT molecular complexity index is 1010. The maximum atomic E-state index is 13.1. The van der Waals surface area contributed by atoms with Crippen molar-refractivity contribution in [1.29, 1.82) is 0 Å². The molecular weight excluding hydrogens is 374 g/mol. The van der Waals surface area contributed by atoms with Crippen LogP contribution in [0.3, 0.4) is 0 Å². The molecule has 1 amide bonds. The molecule has 0 saturated heterocycles. The van der Waals surface area contributed by atoms with Crippen LogP contribution in [0.25, 0.3) is 4.96 Å². The van der Waals surface area contributed by atoms with Crippen molar-refractivity contribution in [2.75, 3.05) is 0 Å². The van der Waals surface area contributed by atoms with E-state index < -0.39 is 0 Å². The van der Waals surface area contributed by atoms with Gasteiger partial charge < -0.3 is 4.90 Å². The molecule has 0 spiro atoms. The van der Waals surface area contributed by atoms with Gasteiger partial charge in [0, 0.05) is 27.5 Å². The number of amides is 1. The number of thiazole rings is 1. The first-order chi connectivity index (χ1) is 12.2. The van der Waals surface area contributed by atoms with Crippen molar-refractivity contribution in [3.05, 3.63) is 78.5 Å². The van der Waals surface area contributed by atoms with Crippen LogP contribution >= 0.6 is 34.0 Å². The summed E-state index contributed by atoms with van der Waals surface area (Å²) in [6.45, 7) is 0.945. The van der Waals surface area contributed by atoms with Crippen molar-refractivity contribution in [3.63, 3.8) is 0 Å². The van der Waals surface area contributed by atoms with Gasteiger partial charge >= 0.3 is 0 Å². The third kappa shape index (κ3) is 3.28. The summed E-state index contributed by atoms with van der Waals surface area (Å²) in [5.74, 6) is -0.292. The minimum Gasteiger partial charge on any atom is -0.328 e. The van der Waals surface area contributed by atoms with E-state index in [1.165, 1.54) is 21.9 Å². The Hall–Kier alpha value is -2.29.